The van der Waals surface area contributed by atoms with Crippen LogP contribution in [0, 0.1) is 0 Å². The Morgan fingerprint density at radius 2 is 1.79 bits per heavy atom. The van der Waals surface area contributed by atoms with E-state index in [2.05, 4.69) is 0 Å². The molecule has 4 rings (SSSR count). The maximum atomic E-state index is 16.2. The van der Waals surface area contributed by atoms with Crippen LogP contribution in [-0.4, -0.2) is 35.0 Å². The van der Waals surface area contributed by atoms with E-state index in [-0.39, 0.29) is 18.8 Å². The summed E-state index contributed by atoms with van der Waals surface area (Å²) in [6.45, 7) is 2.09. The van der Waals surface area contributed by atoms with Gasteiger partial charge in [0.05, 0.1) is 12.6 Å². The second kappa shape index (κ2) is 6.99. The van der Waals surface area contributed by atoms with Gasteiger partial charge in [-0.15, -0.1) is 0 Å². The molecular formula is C23H22FNO3. The van der Waals surface area contributed by atoms with E-state index >= 15 is 4.39 Å². The standard InChI is InChI=1S/C23H22FNO3/c1-2-28-21(27)22(24)16-23(18-11-7-4-8-12-18)20(26)14-13-19(22)25(23)15-17-9-5-3-6-10-17/h3-14,19H,2,15-16H2,1H3. The van der Waals surface area contributed by atoms with Gasteiger partial charge in [0.1, 0.15) is 5.54 Å². The number of halogens is 1. The van der Waals surface area contributed by atoms with Gasteiger partial charge in [-0.1, -0.05) is 66.7 Å². The van der Waals surface area contributed by atoms with Crippen LogP contribution in [0.1, 0.15) is 24.5 Å². The minimum absolute atomic E-state index is 0.0892. The molecule has 0 saturated carbocycles. The molecule has 2 aliphatic heterocycles. The van der Waals surface area contributed by atoms with Crippen molar-refractivity contribution in [2.24, 2.45) is 0 Å². The third-order valence-electron chi connectivity index (χ3n) is 5.71. The van der Waals surface area contributed by atoms with Gasteiger partial charge in [0, 0.05) is 13.0 Å². The molecule has 144 valence electrons. The first kappa shape index (κ1) is 18.6. The number of nitrogens with zero attached hydrogens (tertiary/aromatic N) is 1. The number of carbonyl (C=O) groups is 2. The number of hydrogen-bond donors (Lipinski definition) is 0. The van der Waals surface area contributed by atoms with Crippen molar-refractivity contribution in [1.29, 1.82) is 0 Å². The molecule has 2 aromatic rings. The van der Waals surface area contributed by atoms with Crippen molar-refractivity contribution in [3.05, 3.63) is 83.9 Å². The molecule has 1 fully saturated rings. The first-order chi connectivity index (χ1) is 13.5. The lowest BCUT2D eigenvalue weighted by molar-refractivity contribution is -0.158. The SMILES string of the molecule is CCOC(=O)C1(F)CC2(c3ccccc3)C(=O)C=CC1N2Cc1ccccc1. The summed E-state index contributed by atoms with van der Waals surface area (Å²) in [5.41, 5.74) is -1.89. The molecule has 0 aromatic heterocycles. The van der Waals surface area contributed by atoms with Crippen LogP contribution in [0.5, 0.6) is 0 Å². The van der Waals surface area contributed by atoms with Crippen molar-refractivity contribution in [1.82, 2.24) is 4.90 Å². The summed E-state index contributed by atoms with van der Waals surface area (Å²) in [6.07, 6.45) is 2.67. The summed E-state index contributed by atoms with van der Waals surface area (Å²) in [7, 11) is 0. The van der Waals surface area contributed by atoms with Gasteiger partial charge in [-0.25, -0.2) is 9.18 Å². The molecule has 1 saturated heterocycles. The predicted octanol–water partition coefficient (Wildman–Crippen LogP) is 3.57. The highest BCUT2D eigenvalue weighted by molar-refractivity contribution is 6.02. The van der Waals surface area contributed by atoms with Crippen molar-refractivity contribution in [3.8, 4) is 0 Å². The molecule has 0 N–H and O–H groups in total. The quantitative estimate of drug-likeness (QED) is 0.745. The highest BCUT2D eigenvalue weighted by Gasteiger charge is 2.68. The van der Waals surface area contributed by atoms with Crippen LogP contribution >= 0.6 is 0 Å². The van der Waals surface area contributed by atoms with Crippen LogP contribution in [0.25, 0.3) is 0 Å². The Balaban J connectivity index is 1.87. The van der Waals surface area contributed by atoms with Crippen LogP contribution in [0.4, 0.5) is 4.39 Å². The van der Waals surface area contributed by atoms with Gasteiger partial charge < -0.3 is 4.74 Å². The zero-order valence-electron chi connectivity index (χ0n) is 15.7. The molecule has 0 spiro atoms. The van der Waals surface area contributed by atoms with E-state index in [9.17, 15) is 9.59 Å². The molecule has 28 heavy (non-hydrogen) atoms. The van der Waals surface area contributed by atoms with Crippen LogP contribution in [-0.2, 0) is 26.4 Å². The summed E-state index contributed by atoms with van der Waals surface area (Å²) >= 11 is 0. The van der Waals surface area contributed by atoms with Crippen molar-refractivity contribution in [3.63, 3.8) is 0 Å². The molecular weight excluding hydrogens is 357 g/mol. The second-order valence-electron chi connectivity index (χ2n) is 7.27. The average molecular weight is 379 g/mol. The fourth-order valence-electron chi connectivity index (χ4n) is 4.45. The van der Waals surface area contributed by atoms with E-state index in [1.54, 1.807) is 6.92 Å². The molecule has 2 aromatic carbocycles. The molecule has 5 heteroatoms. The minimum atomic E-state index is -2.29. The molecule has 3 atom stereocenters. The van der Waals surface area contributed by atoms with Crippen LogP contribution in [0.3, 0.4) is 0 Å². The zero-order valence-corrected chi connectivity index (χ0v) is 15.7. The third-order valence-corrected chi connectivity index (χ3v) is 5.71. The van der Waals surface area contributed by atoms with Gasteiger partial charge >= 0.3 is 5.97 Å². The fourth-order valence-corrected chi connectivity index (χ4v) is 4.45. The molecule has 4 nitrogen and oxygen atoms in total. The molecule has 2 bridgehead atoms. The van der Waals surface area contributed by atoms with E-state index in [0.29, 0.717) is 12.1 Å². The van der Waals surface area contributed by atoms with E-state index in [1.165, 1.54) is 12.2 Å². The summed E-state index contributed by atoms with van der Waals surface area (Å²) in [5.74, 6) is -1.12. The monoisotopic (exact) mass is 379 g/mol. The lowest BCUT2D eigenvalue weighted by Crippen LogP contribution is -2.53. The van der Waals surface area contributed by atoms with Crippen LogP contribution in [0.15, 0.2) is 72.8 Å². The average Bonchev–Trinajstić information content (AvgIpc) is 2.90. The topological polar surface area (TPSA) is 46.6 Å². The summed E-state index contributed by atoms with van der Waals surface area (Å²) in [5, 5.41) is 0. The number of ketones is 1. The number of alkyl halides is 1. The smallest absolute Gasteiger partial charge is 0.346 e. The Bertz CT molecular complexity index is 914. The molecule has 0 amide bonds. The number of hydrogen-bond acceptors (Lipinski definition) is 4. The summed E-state index contributed by atoms with van der Waals surface area (Å²) in [4.78, 5) is 27.6. The molecule has 0 radical (unpaired) electrons. The van der Waals surface area contributed by atoms with Crippen molar-refractivity contribution in [2.75, 3.05) is 6.61 Å². The Morgan fingerprint density at radius 1 is 1.14 bits per heavy atom. The fraction of sp³-hybridized carbons (Fsp3) is 0.304. The highest BCUT2D eigenvalue weighted by atomic mass is 19.1. The molecule has 2 aliphatic rings. The summed E-state index contributed by atoms with van der Waals surface area (Å²) in [6, 6.07) is 17.9. The van der Waals surface area contributed by atoms with E-state index < -0.39 is 23.2 Å². The Hall–Kier alpha value is -2.79. The maximum absolute atomic E-state index is 16.2. The van der Waals surface area contributed by atoms with E-state index in [4.69, 9.17) is 4.74 Å². The van der Waals surface area contributed by atoms with Gasteiger partial charge in [-0.05, 0) is 24.1 Å². The first-order valence-electron chi connectivity index (χ1n) is 9.47. The van der Waals surface area contributed by atoms with E-state index in [1.807, 2.05) is 65.6 Å². The lowest BCUT2D eigenvalue weighted by Gasteiger charge is -2.41. The highest BCUT2D eigenvalue weighted by Crippen LogP contribution is 2.53. The Labute approximate surface area is 163 Å². The number of fused-ring (bicyclic) bond motifs is 2. The minimum Gasteiger partial charge on any atom is -0.464 e. The molecule has 2 heterocycles. The zero-order chi connectivity index (χ0) is 19.8. The number of benzene rings is 2. The van der Waals surface area contributed by atoms with Crippen molar-refractivity contribution >= 4 is 11.8 Å². The lowest BCUT2D eigenvalue weighted by atomic mass is 9.80. The number of ether oxygens (including phenoxy) is 1. The van der Waals surface area contributed by atoms with Gasteiger partial charge in [-0.3, -0.25) is 9.69 Å². The van der Waals surface area contributed by atoms with Gasteiger partial charge in [0.15, 0.2) is 5.78 Å². The summed E-state index contributed by atoms with van der Waals surface area (Å²) < 4.78 is 21.3. The van der Waals surface area contributed by atoms with Gasteiger partial charge in [-0.2, -0.15) is 0 Å². The normalized spacial score (nSPS) is 29.1. The Kier molecular flexibility index (Phi) is 4.63. The van der Waals surface area contributed by atoms with Gasteiger partial charge in [0.25, 0.3) is 0 Å². The Morgan fingerprint density at radius 3 is 2.43 bits per heavy atom. The maximum Gasteiger partial charge on any atom is 0.346 e. The van der Waals surface area contributed by atoms with Crippen molar-refractivity contribution < 1.29 is 18.7 Å². The van der Waals surface area contributed by atoms with Gasteiger partial charge in [0.2, 0.25) is 5.67 Å². The van der Waals surface area contributed by atoms with Crippen LogP contribution < -0.4 is 0 Å². The van der Waals surface area contributed by atoms with Crippen molar-refractivity contribution in [2.45, 2.75) is 37.1 Å². The number of rotatable bonds is 5. The first-order valence-corrected chi connectivity index (χ1v) is 9.47. The number of carbonyl (C=O) groups excluding carboxylic acids is 2. The number of esters is 1. The third kappa shape index (κ3) is 2.69. The second-order valence-corrected chi connectivity index (χ2v) is 7.27. The molecule has 3 unspecified atom stereocenters. The molecule has 0 aliphatic carbocycles. The predicted molar refractivity (Wildman–Crippen MR) is 103 cm³/mol. The van der Waals surface area contributed by atoms with E-state index in [0.717, 1.165) is 5.56 Å². The van der Waals surface area contributed by atoms with Crippen LogP contribution in [0.2, 0.25) is 0 Å². The largest absolute Gasteiger partial charge is 0.464 e.